The third-order valence-corrected chi connectivity index (χ3v) is 2.58. The molecule has 0 saturated heterocycles. The Hall–Kier alpha value is -1.63. The largest absolute Gasteiger partial charge is 0.407 e. The molecule has 1 aromatic rings. The summed E-state index contributed by atoms with van der Waals surface area (Å²) < 4.78 is 5.33. The lowest BCUT2D eigenvalue weighted by molar-refractivity contribution is -0.131. The number of anilines is 1. The van der Waals surface area contributed by atoms with Gasteiger partial charge in [-0.3, -0.25) is 4.79 Å². The number of hydrogen-bond acceptors (Lipinski definition) is 6. The fraction of sp³-hybridized carbons (Fsp3) is 0.727. The second kappa shape index (κ2) is 6.95. The van der Waals surface area contributed by atoms with Crippen LogP contribution in [-0.2, 0) is 11.3 Å². The minimum Gasteiger partial charge on any atom is -0.407 e. The summed E-state index contributed by atoms with van der Waals surface area (Å²) in [7, 11) is 1.80. The van der Waals surface area contributed by atoms with Gasteiger partial charge in [-0.2, -0.15) is 0 Å². The van der Waals surface area contributed by atoms with Crippen LogP contribution in [0.3, 0.4) is 0 Å². The summed E-state index contributed by atoms with van der Waals surface area (Å²) in [6.07, 6.45) is 0. The molecular weight excluding hydrogens is 234 g/mol. The molecule has 1 amide bonds. The van der Waals surface area contributed by atoms with Crippen LogP contribution in [0.4, 0.5) is 6.01 Å². The average Bonchev–Trinajstić information content (AvgIpc) is 2.78. The summed E-state index contributed by atoms with van der Waals surface area (Å²) >= 11 is 0. The molecule has 7 nitrogen and oxygen atoms in total. The number of amides is 1. The summed E-state index contributed by atoms with van der Waals surface area (Å²) in [5, 5.41) is 13.5. The van der Waals surface area contributed by atoms with E-state index in [4.69, 9.17) is 4.42 Å². The highest BCUT2D eigenvalue weighted by Gasteiger charge is 2.19. The number of nitrogens with one attached hydrogen (secondary N) is 2. The first-order valence-electron chi connectivity index (χ1n) is 6.14. The Labute approximate surface area is 107 Å². The molecule has 0 bridgehead atoms. The van der Waals surface area contributed by atoms with E-state index in [1.807, 2.05) is 13.8 Å². The van der Waals surface area contributed by atoms with Gasteiger partial charge in [0.1, 0.15) is 6.04 Å². The monoisotopic (exact) mass is 255 g/mol. The summed E-state index contributed by atoms with van der Waals surface area (Å²) in [6, 6.07) is -0.110. The Kier molecular flexibility index (Phi) is 5.57. The van der Waals surface area contributed by atoms with E-state index in [1.54, 1.807) is 18.9 Å². The number of aromatic nitrogens is 2. The van der Waals surface area contributed by atoms with Crippen LogP contribution in [0.25, 0.3) is 0 Å². The third-order valence-electron chi connectivity index (χ3n) is 2.58. The maximum Gasteiger partial charge on any atom is 0.316 e. The van der Waals surface area contributed by atoms with Crippen LogP contribution in [-0.4, -0.2) is 47.2 Å². The molecule has 0 aliphatic carbocycles. The van der Waals surface area contributed by atoms with Crippen molar-refractivity contribution in [2.45, 2.75) is 33.4 Å². The first kappa shape index (κ1) is 14.4. The van der Waals surface area contributed by atoms with E-state index in [-0.39, 0.29) is 18.0 Å². The molecule has 0 fully saturated rings. The summed E-state index contributed by atoms with van der Waals surface area (Å²) in [5.41, 5.74) is 0. The molecule has 18 heavy (non-hydrogen) atoms. The zero-order valence-electron chi connectivity index (χ0n) is 11.4. The lowest BCUT2D eigenvalue weighted by Gasteiger charge is -2.22. The number of hydrogen-bond donors (Lipinski definition) is 2. The Morgan fingerprint density at radius 2 is 2.06 bits per heavy atom. The minimum atomic E-state index is -0.382. The van der Waals surface area contributed by atoms with Gasteiger partial charge in [0.05, 0.1) is 6.54 Å². The third kappa shape index (κ3) is 3.69. The van der Waals surface area contributed by atoms with E-state index in [1.165, 1.54) is 0 Å². The van der Waals surface area contributed by atoms with Crippen molar-refractivity contribution in [2.75, 3.05) is 25.5 Å². The lowest BCUT2D eigenvalue weighted by Crippen LogP contribution is -2.41. The van der Waals surface area contributed by atoms with E-state index in [0.29, 0.717) is 25.5 Å². The predicted octanol–water partition coefficient (Wildman–Crippen LogP) is 0.458. The quantitative estimate of drug-likeness (QED) is 0.736. The fourth-order valence-electron chi connectivity index (χ4n) is 1.59. The fourth-order valence-corrected chi connectivity index (χ4v) is 1.59. The maximum atomic E-state index is 12.0. The first-order chi connectivity index (χ1) is 8.62. The van der Waals surface area contributed by atoms with E-state index in [9.17, 15) is 4.79 Å². The summed E-state index contributed by atoms with van der Waals surface area (Å²) in [5.74, 6) is 0.510. The van der Waals surface area contributed by atoms with Crippen molar-refractivity contribution in [3.8, 4) is 0 Å². The van der Waals surface area contributed by atoms with Crippen molar-refractivity contribution in [3.63, 3.8) is 0 Å². The second-order valence-electron chi connectivity index (χ2n) is 3.91. The molecule has 0 aliphatic rings. The van der Waals surface area contributed by atoms with Crippen LogP contribution in [0, 0.1) is 0 Å². The van der Waals surface area contributed by atoms with Gasteiger partial charge in [-0.1, -0.05) is 5.10 Å². The maximum absolute atomic E-state index is 12.0. The van der Waals surface area contributed by atoms with Crippen molar-refractivity contribution in [1.82, 2.24) is 20.4 Å². The van der Waals surface area contributed by atoms with Gasteiger partial charge in [0, 0.05) is 13.1 Å². The van der Waals surface area contributed by atoms with Gasteiger partial charge in [0.15, 0.2) is 0 Å². The Balaban J connectivity index is 2.57. The highest BCUT2D eigenvalue weighted by Crippen LogP contribution is 2.08. The van der Waals surface area contributed by atoms with Gasteiger partial charge in [0.25, 0.3) is 0 Å². The lowest BCUT2D eigenvalue weighted by atomic mass is 10.3. The van der Waals surface area contributed by atoms with Gasteiger partial charge < -0.3 is 20.0 Å². The highest BCUT2D eigenvalue weighted by atomic mass is 16.4. The standard InChI is InChI=1S/C11H21N5O2/c1-5-16(6-2)10(17)8(3)13-11-15-14-9(18-11)7-12-4/h8,12H,5-7H2,1-4H3,(H,13,15). The SMILES string of the molecule is CCN(CC)C(=O)C(C)Nc1nnc(CNC)o1. The molecule has 1 atom stereocenters. The summed E-state index contributed by atoms with van der Waals surface area (Å²) in [4.78, 5) is 13.8. The topological polar surface area (TPSA) is 83.3 Å². The van der Waals surface area contributed by atoms with Crippen LogP contribution in [0.1, 0.15) is 26.7 Å². The average molecular weight is 255 g/mol. The van der Waals surface area contributed by atoms with E-state index >= 15 is 0 Å². The minimum absolute atomic E-state index is 0.0216. The molecular formula is C11H21N5O2. The second-order valence-corrected chi connectivity index (χ2v) is 3.91. The first-order valence-corrected chi connectivity index (χ1v) is 6.14. The van der Waals surface area contributed by atoms with E-state index < -0.39 is 0 Å². The summed E-state index contributed by atoms with van der Waals surface area (Å²) in [6.45, 7) is 7.57. The van der Waals surface area contributed by atoms with Crippen molar-refractivity contribution in [2.24, 2.45) is 0 Å². The van der Waals surface area contributed by atoms with Gasteiger partial charge in [0.2, 0.25) is 11.8 Å². The smallest absolute Gasteiger partial charge is 0.316 e. The molecule has 0 spiro atoms. The van der Waals surface area contributed by atoms with Crippen LogP contribution in [0.2, 0.25) is 0 Å². The molecule has 2 N–H and O–H groups in total. The molecule has 1 unspecified atom stereocenters. The van der Waals surface area contributed by atoms with Crippen LogP contribution in [0.5, 0.6) is 0 Å². The van der Waals surface area contributed by atoms with Gasteiger partial charge in [-0.25, -0.2) is 0 Å². The van der Waals surface area contributed by atoms with E-state index in [0.717, 1.165) is 0 Å². The molecule has 1 rings (SSSR count). The van der Waals surface area contributed by atoms with Crippen molar-refractivity contribution in [1.29, 1.82) is 0 Å². The number of carbonyl (C=O) groups is 1. The number of carbonyl (C=O) groups excluding carboxylic acids is 1. The molecule has 0 aromatic carbocycles. The van der Waals surface area contributed by atoms with Crippen molar-refractivity contribution < 1.29 is 9.21 Å². The van der Waals surface area contributed by atoms with Gasteiger partial charge in [-0.15, -0.1) is 5.10 Å². The highest BCUT2D eigenvalue weighted by molar-refractivity contribution is 5.83. The van der Waals surface area contributed by atoms with Crippen LogP contribution in [0.15, 0.2) is 4.42 Å². The molecule has 7 heteroatoms. The van der Waals surface area contributed by atoms with Crippen LogP contribution < -0.4 is 10.6 Å². The van der Waals surface area contributed by atoms with Crippen molar-refractivity contribution >= 4 is 11.9 Å². The number of nitrogens with zero attached hydrogens (tertiary/aromatic N) is 3. The molecule has 0 aliphatic heterocycles. The molecule has 0 saturated carbocycles. The molecule has 0 radical (unpaired) electrons. The molecule has 102 valence electrons. The van der Waals surface area contributed by atoms with Crippen LogP contribution >= 0.6 is 0 Å². The van der Waals surface area contributed by atoms with Gasteiger partial charge in [-0.05, 0) is 27.8 Å². The molecule has 1 aromatic heterocycles. The number of rotatable bonds is 7. The molecule has 1 heterocycles. The van der Waals surface area contributed by atoms with Crippen molar-refractivity contribution in [3.05, 3.63) is 5.89 Å². The zero-order valence-corrected chi connectivity index (χ0v) is 11.4. The van der Waals surface area contributed by atoms with E-state index in [2.05, 4.69) is 20.8 Å². The predicted molar refractivity (Wildman–Crippen MR) is 68.1 cm³/mol. The normalized spacial score (nSPS) is 12.2. The zero-order chi connectivity index (χ0) is 13.5. The Morgan fingerprint density at radius 3 is 2.61 bits per heavy atom. The number of likely N-dealkylation sites (N-methyl/N-ethyl adjacent to an activating group) is 1. The Bertz CT molecular complexity index is 375. The Morgan fingerprint density at radius 1 is 1.39 bits per heavy atom. The van der Waals surface area contributed by atoms with Gasteiger partial charge >= 0.3 is 6.01 Å².